The second-order valence-electron chi connectivity index (χ2n) is 5.95. The first-order chi connectivity index (χ1) is 8.00. The molecule has 0 aromatic heterocycles. The number of nitrogens with two attached hydrogens (primary N) is 1. The highest BCUT2D eigenvalue weighted by molar-refractivity contribution is 5.83. The second kappa shape index (κ2) is 4.94. The Labute approximate surface area is 104 Å². The van der Waals surface area contributed by atoms with Crippen LogP contribution in [0.3, 0.4) is 0 Å². The lowest BCUT2D eigenvalue weighted by molar-refractivity contribution is -0.136. The molecule has 0 aromatic carbocycles. The third-order valence-electron chi connectivity index (χ3n) is 3.96. The molecule has 1 aliphatic carbocycles. The zero-order valence-corrected chi connectivity index (χ0v) is 11.2. The monoisotopic (exact) mass is 239 g/mol. The van der Waals surface area contributed by atoms with Gasteiger partial charge in [0.25, 0.3) is 0 Å². The van der Waals surface area contributed by atoms with E-state index in [2.05, 4.69) is 16.8 Å². The van der Waals surface area contributed by atoms with Gasteiger partial charge in [-0.25, -0.2) is 0 Å². The summed E-state index contributed by atoms with van der Waals surface area (Å²) in [4.78, 5) is 16.8. The van der Waals surface area contributed by atoms with E-state index in [0.717, 1.165) is 32.4 Å². The number of rotatable bonds is 4. The van der Waals surface area contributed by atoms with Crippen LogP contribution < -0.4 is 5.73 Å². The highest BCUT2D eigenvalue weighted by atomic mass is 16.2. The Kier molecular flexibility index (Phi) is 3.73. The van der Waals surface area contributed by atoms with Gasteiger partial charge in [-0.05, 0) is 38.8 Å². The summed E-state index contributed by atoms with van der Waals surface area (Å²) >= 11 is 0. The average molecular weight is 239 g/mol. The zero-order valence-electron chi connectivity index (χ0n) is 11.2. The van der Waals surface area contributed by atoms with Crippen molar-refractivity contribution in [1.29, 1.82) is 0 Å². The molecule has 2 N–H and O–H groups in total. The maximum Gasteiger partial charge on any atom is 0.240 e. The van der Waals surface area contributed by atoms with E-state index in [1.165, 1.54) is 0 Å². The van der Waals surface area contributed by atoms with Gasteiger partial charge in [-0.2, -0.15) is 0 Å². The first kappa shape index (κ1) is 12.8. The van der Waals surface area contributed by atoms with E-state index in [4.69, 9.17) is 5.73 Å². The minimum atomic E-state index is -0.332. The van der Waals surface area contributed by atoms with Gasteiger partial charge >= 0.3 is 0 Å². The van der Waals surface area contributed by atoms with Crippen molar-refractivity contribution in [1.82, 2.24) is 9.80 Å². The van der Waals surface area contributed by atoms with Crippen molar-refractivity contribution in [3.05, 3.63) is 0 Å². The van der Waals surface area contributed by atoms with Crippen molar-refractivity contribution in [3.8, 4) is 0 Å². The largest absolute Gasteiger partial charge is 0.334 e. The molecule has 17 heavy (non-hydrogen) atoms. The van der Waals surface area contributed by atoms with Gasteiger partial charge in [-0.1, -0.05) is 13.8 Å². The molecule has 1 saturated heterocycles. The minimum absolute atomic E-state index is 0.169. The fourth-order valence-electron chi connectivity index (χ4n) is 2.61. The Balaban J connectivity index is 2.04. The molecular weight excluding hydrogens is 214 g/mol. The summed E-state index contributed by atoms with van der Waals surface area (Å²) < 4.78 is 0. The molecule has 2 rings (SSSR count). The first-order valence-corrected chi connectivity index (χ1v) is 6.77. The molecule has 2 fully saturated rings. The van der Waals surface area contributed by atoms with Crippen molar-refractivity contribution in [2.24, 2.45) is 11.7 Å². The highest BCUT2D eigenvalue weighted by Crippen LogP contribution is 2.32. The predicted octanol–water partition coefficient (Wildman–Crippen LogP) is 0.665. The van der Waals surface area contributed by atoms with Crippen LogP contribution in [0.2, 0.25) is 0 Å². The Bertz CT molecular complexity index is 288. The lowest BCUT2D eigenvalue weighted by atomic mass is 10.0. The Morgan fingerprint density at radius 3 is 2.35 bits per heavy atom. The third-order valence-corrected chi connectivity index (χ3v) is 3.96. The van der Waals surface area contributed by atoms with E-state index in [9.17, 15) is 4.79 Å². The number of hydrogen-bond donors (Lipinski definition) is 1. The van der Waals surface area contributed by atoms with E-state index >= 15 is 0 Å². The number of likely N-dealkylation sites (tertiary alicyclic amines) is 1. The molecule has 0 aromatic rings. The summed E-state index contributed by atoms with van der Waals surface area (Å²) in [6.07, 6.45) is 3.43. The van der Waals surface area contributed by atoms with Crippen LogP contribution in [0.1, 0.15) is 33.1 Å². The smallest absolute Gasteiger partial charge is 0.240 e. The van der Waals surface area contributed by atoms with Crippen molar-refractivity contribution in [2.75, 3.05) is 20.1 Å². The van der Waals surface area contributed by atoms with Crippen LogP contribution in [0.25, 0.3) is 0 Å². The van der Waals surface area contributed by atoms with E-state index in [0.29, 0.717) is 12.1 Å². The highest BCUT2D eigenvalue weighted by Gasteiger charge is 2.41. The molecule has 4 nitrogen and oxygen atoms in total. The van der Waals surface area contributed by atoms with Crippen LogP contribution in [-0.4, -0.2) is 54.0 Å². The Morgan fingerprint density at radius 2 is 1.94 bits per heavy atom. The van der Waals surface area contributed by atoms with E-state index in [1.54, 1.807) is 0 Å². The van der Waals surface area contributed by atoms with Gasteiger partial charge in [0.2, 0.25) is 5.91 Å². The Hall–Kier alpha value is -0.610. The van der Waals surface area contributed by atoms with Gasteiger partial charge in [0, 0.05) is 18.6 Å². The number of carbonyl (C=O) groups is 1. The van der Waals surface area contributed by atoms with Gasteiger partial charge in [-0.3, -0.25) is 4.79 Å². The predicted molar refractivity (Wildman–Crippen MR) is 68.6 cm³/mol. The van der Waals surface area contributed by atoms with Gasteiger partial charge in [0.15, 0.2) is 0 Å². The molecule has 98 valence electrons. The third kappa shape index (κ3) is 2.80. The molecule has 1 heterocycles. The van der Waals surface area contributed by atoms with E-state index in [1.807, 2.05) is 13.8 Å². The van der Waals surface area contributed by atoms with Crippen LogP contribution in [0.4, 0.5) is 0 Å². The molecule has 1 amide bonds. The molecular formula is C13H25N3O. The summed E-state index contributed by atoms with van der Waals surface area (Å²) in [6.45, 7) is 6.15. The minimum Gasteiger partial charge on any atom is -0.334 e. The molecule has 2 aliphatic rings. The average Bonchev–Trinajstić information content (AvgIpc) is 3.01. The van der Waals surface area contributed by atoms with Crippen molar-refractivity contribution in [2.45, 2.75) is 51.2 Å². The van der Waals surface area contributed by atoms with Crippen LogP contribution in [0.5, 0.6) is 0 Å². The van der Waals surface area contributed by atoms with Gasteiger partial charge in [0.1, 0.15) is 0 Å². The number of carbonyl (C=O) groups excluding carboxylic acids is 1. The van der Waals surface area contributed by atoms with E-state index < -0.39 is 0 Å². The number of hydrogen-bond acceptors (Lipinski definition) is 3. The fourth-order valence-corrected chi connectivity index (χ4v) is 2.61. The first-order valence-electron chi connectivity index (χ1n) is 6.77. The van der Waals surface area contributed by atoms with Gasteiger partial charge < -0.3 is 15.5 Å². The van der Waals surface area contributed by atoms with Crippen LogP contribution in [0.15, 0.2) is 0 Å². The van der Waals surface area contributed by atoms with Crippen molar-refractivity contribution < 1.29 is 4.79 Å². The van der Waals surface area contributed by atoms with Gasteiger partial charge in [-0.15, -0.1) is 0 Å². The zero-order chi connectivity index (χ0) is 12.6. The molecule has 2 atom stereocenters. The molecule has 0 spiro atoms. The molecule has 4 heteroatoms. The van der Waals surface area contributed by atoms with Crippen molar-refractivity contribution >= 4 is 5.91 Å². The second-order valence-corrected chi connectivity index (χ2v) is 5.95. The SMILES string of the molecule is CC(C)C(N)C(=O)N(C1CC1)[C@H]1CCN(C)C1. The van der Waals surface area contributed by atoms with Gasteiger partial charge in [0.05, 0.1) is 6.04 Å². The molecule has 1 aliphatic heterocycles. The molecule has 1 saturated carbocycles. The summed E-state index contributed by atoms with van der Waals surface area (Å²) in [5.74, 6) is 0.394. The summed E-state index contributed by atoms with van der Waals surface area (Å²) in [5.41, 5.74) is 6.02. The molecule has 0 bridgehead atoms. The normalized spacial score (nSPS) is 27.5. The number of likely N-dealkylation sites (N-methyl/N-ethyl adjacent to an activating group) is 1. The summed E-state index contributed by atoms with van der Waals surface area (Å²) in [7, 11) is 2.12. The maximum absolute atomic E-state index is 12.4. The fraction of sp³-hybridized carbons (Fsp3) is 0.923. The maximum atomic E-state index is 12.4. The lowest BCUT2D eigenvalue weighted by Gasteiger charge is -2.32. The summed E-state index contributed by atoms with van der Waals surface area (Å²) in [6, 6.07) is 0.537. The number of nitrogens with zero attached hydrogens (tertiary/aromatic N) is 2. The van der Waals surface area contributed by atoms with Crippen LogP contribution >= 0.6 is 0 Å². The number of amides is 1. The molecule has 0 radical (unpaired) electrons. The Morgan fingerprint density at radius 1 is 1.29 bits per heavy atom. The molecule has 1 unspecified atom stereocenters. The van der Waals surface area contributed by atoms with Crippen LogP contribution in [0, 0.1) is 5.92 Å². The standard InChI is InChI=1S/C13H25N3O/c1-9(2)12(14)13(17)16(10-4-5-10)11-6-7-15(3)8-11/h9-12H,4-8,14H2,1-3H3/t11-,12?/m0/s1. The summed E-state index contributed by atoms with van der Waals surface area (Å²) in [5, 5.41) is 0. The quantitative estimate of drug-likeness (QED) is 0.784. The lowest BCUT2D eigenvalue weighted by Crippen LogP contribution is -2.52. The van der Waals surface area contributed by atoms with Crippen LogP contribution in [-0.2, 0) is 4.79 Å². The van der Waals surface area contributed by atoms with Crippen molar-refractivity contribution in [3.63, 3.8) is 0 Å². The van der Waals surface area contributed by atoms with E-state index in [-0.39, 0.29) is 17.9 Å². The topological polar surface area (TPSA) is 49.6 Å².